The Bertz CT molecular complexity index is 895. The van der Waals surface area contributed by atoms with Gasteiger partial charge in [-0.1, -0.05) is 35.5 Å². The Labute approximate surface area is 165 Å². The van der Waals surface area contributed by atoms with Gasteiger partial charge in [0.2, 0.25) is 5.91 Å². The van der Waals surface area contributed by atoms with Crippen LogP contribution >= 0.6 is 23.4 Å². The molecule has 1 aliphatic rings. The number of amidine groups is 1. The molecule has 0 spiro atoms. The highest BCUT2D eigenvalue weighted by atomic mass is 35.5. The molecule has 1 fully saturated rings. The average Bonchev–Trinajstić information content (AvgIpc) is 3.02. The van der Waals surface area contributed by atoms with Crippen LogP contribution in [-0.4, -0.2) is 35.4 Å². The second kappa shape index (κ2) is 8.83. The van der Waals surface area contributed by atoms with E-state index in [1.54, 1.807) is 49.7 Å². The first-order chi connectivity index (χ1) is 13.0. The average molecular weight is 402 g/mol. The molecule has 1 amide bonds. The van der Waals surface area contributed by atoms with Crippen LogP contribution in [0.2, 0.25) is 5.02 Å². The fourth-order valence-corrected chi connectivity index (χ4v) is 3.40. The smallest absolute Gasteiger partial charge is 0.240 e. The fourth-order valence-electron chi connectivity index (χ4n) is 2.35. The molecule has 27 heavy (non-hydrogen) atoms. The molecule has 1 aliphatic heterocycles. The molecule has 138 valence electrons. The predicted octanol–water partition coefficient (Wildman–Crippen LogP) is 3.54. The van der Waals surface area contributed by atoms with Crippen LogP contribution in [0.15, 0.2) is 58.7 Å². The lowest BCUT2D eigenvalue weighted by Crippen LogP contribution is -2.26. The topological polar surface area (TPSA) is 80.1 Å². The van der Waals surface area contributed by atoms with Gasteiger partial charge in [-0.25, -0.2) is 0 Å². The number of nitrogens with one attached hydrogen (secondary N) is 1. The normalized spacial score (nSPS) is 18.1. The van der Waals surface area contributed by atoms with Crippen LogP contribution in [0.3, 0.4) is 0 Å². The summed E-state index contributed by atoms with van der Waals surface area (Å²) >= 11 is 7.02. The van der Waals surface area contributed by atoms with Gasteiger partial charge in [-0.15, -0.1) is 5.10 Å². The van der Waals surface area contributed by atoms with Crippen LogP contribution in [0.1, 0.15) is 22.3 Å². The summed E-state index contributed by atoms with van der Waals surface area (Å²) in [4.78, 5) is 24.4. The van der Waals surface area contributed by atoms with Crippen LogP contribution < -0.4 is 10.1 Å². The Kier molecular flexibility index (Phi) is 6.26. The number of methoxy groups -OCH3 is 1. The molecule has 8 heteroatoms. The van der Waals surface area contributed by atoms with Gasteiger partial charge in [-0.05, 0) is 42.0 Å². The molecular formula is C19H16ClN3O3S. The Morgan fingerprint density at radius 1 is 1.22 bits per heavy atom. The van der Waals surface area contributed by atoms with E-state index in [1.807, 2.05) is 12.1 Å². The van der Waals surface area contributed by atoms with E-state index in [2.05, 4.69) is 15.5 Å². The Morgan fingerprint density at radius 2 is 1.93 bits per heavy atom. The molecule has 2 aromatic carbocycles. The molecule has 0 saturated carbocycles. The minimum Gasteiger partial charge on any atom is -0.497 e. The molecule has 1 N–H and O–H groups in total. The number of thioether (sulfide) groups is 1. The lowest BCUT2D eigenvalue weighted by Gasteiger charge is -2.05. The highest BCUT2D eigenvalue weighted by molar-refractivity contribution is 8.15. The van der Waals surface area contributed by atoms with Crippen molar-refractivity contribution in [1.82, 2.24) is 5.32 Å². The van der Waals surface area contributed by atoms with Gasteiger partial charge in [0.1, 0.15) is 5.75 Å². The van der Waals surface area contributed by atoms with Gasteiger partial charge in [-0.2, -0.15) is 5.10 Å². The minimum absolute atomic E-state index is 0.0861. The van der Waals surface area contributed by atoms with Crippen LogP contribution in [-0.2, 0) is 4.79 Å². The molecule has 6 nitrogen and oxygen atoms in total. The largest absolute Gasteiger partial charge is 0.497 e. The Morgan fingerprint density at radius 3 is 2.59 bits per heavy atom. The number of ketones is 1. The van der Waals surface area contributed by atoms with E-state index in [4.69, 9.17) is 16.3 Å². The number of benzene rings is 2. The molecule has 1 saturated heterocycles. The molecule has 2 aromatic rings. The SMILES string of the molecule is COc1ccc(C(=O)CC2S/C(=N\N=C\c3ccc(Cl)cc3)NC2=O)cc1. The van der Waals surface area contributed by atoms with Gasteiger partial charge >= 0.3 is 0 Å². The third kappa shape index (κ3) is 5.18. The number of halogens is 1. The molecule has 0 aromatic heterocycles. The second-order valence-electron chi connectivity index (χ2n) is 5.65. The van der Waals surface area contributed by atoms with Crippen LogP contribution in [0, 0.1) is 0 Å². The van der Waals surface area contributed by atoms with E-state index >= 15 is 0 Å². The van der Waals surface area contributed by atoms with Crippen molar-refractivity contribution in [3.63, 3.8) is 0 Å². The first-order valence-electron chi connectivity index (χ1n) is 8.06. The van der Waals surface area contributed by atoms with Crippen LogP contribution in [0.4, 0.5) is 0 Å². The summed E-state index contributed by atoms with van der Waals surface area (Å²) in [5.41, 5.74) is 1.37. The number of rotatable bonds is 6. The Balaban J connectivity index is 1.59. The molecular weight excluding hydrogens is 386 g/mol. The zero-order chi connectivity index (χ0) is 19.2. The van der Waals surface area contributed by atoms with Gasteiger partial charge in [-0.3, -0.25) is 9.59 Å². The summed E-state index contributed by atoms with van der Waals surface area (Å²) in [7, 11) is 1.56. The van der Waals surface area contributed by atoms with Crippen molar-refractivity contribution in [2.75, 3.05) is 7.11 Å². The summed E-state index contributed by atoms with van der Waals surface area (Å²) in [5.74, 6) is 0.311. The van der Waals surface area contributed by atoms with Crippen LogP contribution in [0.5, 0.6) is 5.75 Å². The number of nitrogens with zero attached hydrogens (tertiary/aromatic N) is 2. The van der Waals surface area contributed by atoms with Crippen molar-refractivity contribution >= 4 is 46.4 Å². The van der Waals surface area contributed by atoms with Crippen molar-refractivity contribution < 1.29 is 14.3 Å². The Hall–Kier alpha value is -2.64. The standard InChI is InChI=1S/C19H16ClN3O3S/c1-26-15-8-4-13(5-9-15)16(24)10-17-18(25)22-19(27-17)23-21-11-12-2-6-14(20)7-3-12/h2-9,11,17H,10H2,1H3,(H,22,23,25)/b21-11+. The minimum atomic E-state index is -0.524. The number of hydrogen-bond acceptors (Lipinski definition) is 6. The number of Topliss-reactive ketones (excluding diaryl/α,β-unsaturated/α-hetero) is 1. The third-order valence-electron chi connectivity index (χ3n) is 3.78. The molecule has 1 heterocycles. The van der Waals surface area contributed by atoms with Gasteiger partial charge < -0.3 is 10.1 Å². The van der Waals surface area contributed by atoms with Crippen molar-refractivity contribution in [2.45, 2.75) is 11.7 Å². The quantitative estimate of drug-likeness (QED) is 0.456. The van der Waals surface area contributed by atoms with Gasteiger partial charge in [0.05, 0.1) is 18.6 Å². The van der Waals surface area contributed by atoms with E-state index in [0.717, 1.165) is 5.56 Å². The molecule has 0 bridgehead atoms. The summed E-state index contributed by atoms with van der Waals surface area (Å²) in [6.07, 6.45) is 1.65. The zero-order valence-corrected chi connectivity index (χ0v) is 16.0. The first-order valence-corrected chi connectivity index (χ1v) is 9.32. The highest BCUT2D eigenvalue weighted by Gasteiger charge is 2.32. The summed E-state index contributed by atoms with van der Waals surface area (Å²) < 4.78 is 5.07. The van der Waals surface area contributed by atoms with Crippen LogP contribution in [0.25, 0.3) is 0 Å². The van der Waals surface area contributed by atoms with E-state index in [1.165, 1.54) is 11.8 Å². The van der Waals surface area contributed by atoms with Crippen molar-refractivity contribution in [1.29, 1.82) is 0 Å². The van der Waals surface area contributed by atoms with E-state index in [0.29, 0.717) is 21.5 Å². The van der Waals surface area contributed by atoms with E-state index in [9.17, 15) is 9.59 Å². The number of carbonyl (C=O) groups is 2. The summed E-state index contributed by atoms with van der Waals surface area (Å²) in [5, 5.41) is 11.1. The second-order valence-corrected chi connectivity index (χ2v) is 7.28. The van der Waals surface area contributed by atoms with Crippen molar-refractivity contribution in [2.24, 2.45) is 10.2 Å². The maximum absolute atomic E-state index is 12.4. The highest BCUT2D eigenvalue weighted by Crippen LogP contribution is 2.24. The van der Waals surface area contributed by atoms with E-state index in [-0.39, 0.29) is 18.1 Å². The van der Waals surface area contributed by atoms with E-state index < -0.39 is 5.25 Å². The van der Waals surface area contributed by atoms with Gasteiger partial charge in [0.15, 0.2) is 11.0 Å². The number of carbonyl (C=O) groups excluding carboxylic acids is 2. The lowest BCUT2D eigenvalue weighted by molar-refractivity contribution is -0.118. The molecule has 1 atom stereocenters. The van der Waals surface area contributed by atoms with Crippen molar-refractivity contribution in [3.05, 3.63) is 64.7 Å². The number of hydrogen-bond donors (Lipinski definition) is 1. The first kappa shape index (κ1) is 19.1. The molecule has 0 aliphatic carbocycles. The molecule has 1 unspecified atom stereocenters. The lowest BCUT2D eigenvalue weighted by atomic mass is 10.1. The number of amides is 1. The van der Waals surface area contributed by atoms with Gasteiger partial charge in [0.25, 0.3) is 0 Å². The zero-order valence-electron chi connectivity index (χ0n) is 14.4. The molecule has 3 rings (SSSR count). The molecule has 0 radical (unpaired) electrons. The summed E-state index contributed by atoms with van der Waals surface area (Å²) in [6, 6.07) is 13.9. The summed E-state index contributed by atoms with van der Waals surface area (Å²) in [6.45, 7) is 0. The maximum atomic E-state index is 12.4. The maximum Gasteiger partial charge on any atom is 0.240 e. The fraction of sp³-hybridized carbons (Fsp3) is 0.158. The monoisotopic (exact) mass is 401 g/mol. The number of ether oxygens (including phenoxy) is 1. The van der Waals surface area contributed by atoms with Gasteiger partial charge in [0, 0.05) is 17.0 Å². The van der Waals surface area contributed by atoms with Crippen molar-refractivity contribution in [3.8, 4) is 5.75 Å². The third-order valence-corrected chi connectivity index (χ3v) is 5.11. The predicted molar refractivity (Wildman–Crippen MR) is 108 cm³/mol.